The van der Waals surface area contributed by atoms with Crippen LogP contribution < -0.4 is 22.7 Å². The zero-order chi connectivity index (χ0) is 26.7. The van der Waals surface area contributed by atoms with Crippen molar-refractivity contribution in [1.29, 1.82) is 0 Å². The average Bonchev–Trinajstić information content (AvgIpc) is 3.46. The summed E-state index contributed by atoms with van der Waals surface area (Å²) in [6.45, 7) is 0.693. The number of ether oxygens (including phenoxy) is 2. The monoisotopic (exact) mass is 558 g/mol. The Morgan fingerprint density at radius 3 is 2.81 bits per heavy atom. The lowest BCUT2D eigenvalue weighted by molar-refractivity contribution is -0.0332. The standard InChI is InChI=1S/C18H23N8O9PS/c1-9-5-26(18(29)22-16(9)27)13-4-10(23-24-20)11(34-13)6-32-36(30,31)33-7-15-35-14(8-37-15)25-3-2-12(19)21-17(25)28/h2-3,5,10-11,13-15H,4,6-8H2,1H3,(H,30,31)(H2,19,21,28)(H,22,27,29)/t10-,11+,13+,14-,15+/m0/s1. The topological polar surface area (TPSA) is 239 Å². The van der Waals surface area contributed by atoms with Crippen LogP contribution in [0, 0.1) is 6.92 Å². The lowest BCUT2D eigenvalue weighted by atomic mass is 10.1. The second-order valence-electron chi connectivity index (χ2n) is 8.07. The fourth-order valence-corrected chi connectivity index (χ4v) is 5.53. The molecule has 4 N–H and O–H groups in total. The zero-order valence-corrected chi connectivity index (χ0v) is 21.0. The molecule has 1 unspecified atom stereocenters. The quantitative estimate of drug-likeness (QED) is 0.164. The van der Waals surface area contributed by atoms with E-state index in [9.17, 15) is 23.8 Å². The number of H-pyrrole nitrogens is 1. The Labute approximate surface area is 211 Å². The molecule has 4 rings (SSSR count). The van der Waals surface area contributed by atoms with Crippen LogP contribution in [0.15, 0.2) is 38.0 Å². The first-order valence-electron chi connectivity index (χ1n) is 10.8. The highest BCUT2D eigenvalue weighted by atomic mass is 32.2. The van der Waals surface area contributed by atoms with Gasteiger partial charge >= 0.3 is 19.2 Å². The van der Waals surface area contributed by atoms with Crippen molar-refractivity contribution < 1.29 is 28.0 Å². The molecule has 0 saturated carbocycles. The second-order valence-corrected chi connectivity index (χ2v) is 10.7. The number of thioether (sulfide) groups is 1. The van der Waals surface area contributed by atoms with Crippen molar-refractivity contribution in [2.45, 2.75) is 43.4 Å². The number of nitrogens with zero attached hydrogens (tertiary/aromatic N) is 6. The SMILES string of the molecule is Cc1cn([C@H]2C[C@H](N=[N+]=[N-])[C@@H](COP(=O)(O)OC[C@@H]3O[C@H](n4ccc(N)nc4=O)CS3)O2)c(=O)[nH]c1=O. The van der Waals surface area contributed by atoms with Crippen LogP contribution in [-0.4, -0.2) is 60.5 Å². The number of nitrogen functional groups attached to an aromatic ring is 1. The summed E-state index contributed by atoms with van der Waals surface area (Å²) < 4.78 is 36.3. The molecule has 4 heterocycles. The van der Waals surface area contributed by atoms with Gasteiger partial charge in [-0.1, -0.05) is 5.11 Å². The smallest absolute Gasteiger partial charge is 0.383 e. The van der Waals surface area contributed by atoms with E-state index in [1.807, 2.05) is 0 Å². The lowest BCUT2D eigenvalue weighted by Gasteiger charge is -2.19. The van der Waals surface area contributed by atoms with Crippen molar-refractivity contribution in [2.75, 3.05) is 24.7 Å². The van der Waals surface area contributed by atoms with Gasteiger partial charge in [0.25, 0.3) is 5.56 Å². The van der Waals surface area contributed by atoms with Crippen LogP contribution >= 0.6 is 19.6 Å². The number of aromatic nitrogens is 4. The predicted octanol–water partition coefficient (Wildman–Crippen LogP) is 0.372. The molecule has 0 amide bonds. The summed E-state index contributed by atoms with van der Waals surface area (Å²) >= 11 is 1.26. The molecule has 17 nitrogen and oxygen atoms in total. The number of rotatable bonds is 9. The minimum absolute atomic E-state index is 0.0629. The second kappa shape index (κ2) is 11.2. The normalized spacial score (nSPS) is 27.0. The number of phosphoric acid groups is 1. The summed E-state index contributed by atoms with van der Waals surface area (Å²) in [7, 11) is -4.59. The fourth-order valence-electron chi connectivity index (χ4n) is 3.71. The van der Waals surface area contributed by atoms with Crippen LogP contribution in [0.3, 0.4) is 0 Å². The van der Waals surface area contributed by atoms with E-state index < -0.39 is 61.4 Å². The van der Waals surface area contributed by atoms with Crippen molar-refractivity contribution in [3.05, 3.63) is 65.8 Å². The van der Waals surface area contributed by atoms with E-state index in [0.717, 1.165) is 4.57 Å². The summed E-state index contributed by atoms with van der Waals surface area (Å²) in [6.07, 6.45) is 0.271. The molecule has 19 heteroatoms. The highest BCUT2D eigenvalue weighted by Gasteiger charge is 2.39. The number of anilines is 1. The van der Waals surface area contributed by atoms with Crippen LogP contribution in [0.5, 0.6) is 0 Å². The van der Waals surface area contributed by atoms with E-state index in [1.165, 1.54) is 41.7 Å². The maximum atomic E-state index is 12.4. The molecule has 37 heavy (non-hydrogen) atoms. The van der Waals surface area contributed by atoms with Crippen LogP contribution in [0.25, 0.3) is 10.4 Å². The number of nitrogens with two attached hydrogens (primary N) is 1. The minimum atomic E-state index is -4.59. The van der Waals surface area contributed by atoms with E-state index in [1.54, 1.807) is 0 Å². The zero-order valence-electron chi connectivity index (χ0n) is 19.3. The van der Waals surface area contributed by atoms with Crippen LogP contribution in [0.2, 0.25) is 0 Å². The molecule has 2 aromatic rings. The number of azide groups is 1. The number of aryl methyl sites for hydroxylation is 1. The van der Waals surface area contributed by atoms with Gasteiger partial charge in [-0.15, -0.1) is 11.8 Å². The number of nitrogens with one attached hydrogen (secondary N) is 1. The summed E-state index contributed by atoms with van der Waals surface area (Å²) in [5.74, 6) is 0.441. The van der Waals surface area contributed by atoms with Crippen LogP contribution in [-0.2, 0) is 23.1 Å². The molecule has 0 aromatic carbocycles. The largest absolute Gasteiger partial charge is 0.472 e. The van der Waals surface area contributed by atoms with Crippen LogP contribution in [0.1, 0.15) is 24.4 Å². The van der Waals surface area contributed by atoms with Gasteiger partial charge in [0.05, 0.1) is 25.4 Å². The Balaban J connectivity index is 1.32. The molecular weight excluding hydrogens is 535 g/mol. The molecular formula is C18H23N8O9PS. The van der Waals surface area contributed by atoms with E-state index >= 15 is 0 Å². The molecule has 2 aromatic heterocycles. The Bertz CT molecular complexity index is 1420. The first-order valence-corrected chi connectivity index (χ1v) is 13.4. The van der Waals surface area contributed by atoms with E-state index in [0.29, 0.717) is 5.75 Å². The summed E-state index contributed by atoms with van der Waals surface area (Å²) in [6, 6.07) is 0.624. The Hall–Kier alpha value is -2.95. The Morgan fingerprint density at radius 2 is 2.08 bits per heavy atom. The Morgan fingerprint density at radius 1 is 1.32 bits per heavy atom. The Kier molecular flexibility index (Phi) is 8.20. The van der Waals surface area contributed by atoms with Crippen molar-refractivity contribution in [3.8, 4) is 0 Å². The molecule has 2 aliphatic heterocycles. The fraction of sp³-hybridized carbons (Fsp3) is 0.556. The highest BCUT2D eigenvalue weighted by molar-refractivity contribution is 8.00. The predicted molar refractivity (Wildman–Crippen MR) is 129 cm³/mol. The molecule has 2 saturated heterocycles. The van der Waals surface area contributed by atoms with Gasteiger partial charge in [-0.3, -0.25) is 28.0 Å². The summed E-state index contributed by atoms with van der Waals surface area (Å²) in [4.78, 5) is 54.4. The van der Waals surface area contributed by atoms with Crippen LogP contribution in [0.4, 0.5) is 5.82 Å². The molecule has 0 radical (unpaired) electrons. The van der Waals surface area contributed by atoms with E-state index in [2.05, 4.69) is 20.0 Å². The van der Waals surface area contributed by atoms with Gasteiger partial charge in [0.2, 0.25) is 0 Å². The molecule has 200 valence electrons. The highest BCUT2D eigenvalue weighted by Crippen LogP contribution is 2.46. The molecule has 2 aliphatic rings. The number of hydrogen-bond acceptors (Lipinski definition) is 12. The molecule has 0 bridgehead atoms. The van der Waals surface area contributed by atoms with Crippen molar-refractivity contribution in [1.82, 2.24) is 19.1 Å². The number of phosphoric ester groups is 1. The van der Waals surface area contributed by atoms with Gasteiger partial charge in [0.1, 0.15) is 23.7 Å². The molecule has 6 atom stereocenters. The van der Waals surface area contributed by atoms with Gasteiger partial charge in [0, 0.05) is 35.0 Å². The third kappa shape index (κ3) is 6.49. The van der Waals surface area contributed by atoms with Gasteiger partial charge in [-0.25, -0.2) is 14.2 Å². The van der Waals surface area contributed by atoms with Gasteiger partial charge in [-0.2, -0.15) is 4.98 Å². The van der Waals surface area contributed by atoms with Crippen molar-refractivity contribution in [3.63, 3.8) is 0 Å². The number of aromatic amines is 1. The summed E-state index contributed by atoms with van der Waals surface area (Å²) in [5, 5.41) is 3.62. The molecule has 0 spiro atoms. The van der Waals surface area contributed by atoms with Gasteiger partial charge in [-0.05, 0) is 18.5 Å². The average molecular weight is 558 g/mol. The minimum Gasteiger partial charge on any atom is -0.383 e. The van der Waals surface area contributed by atoms with Gasteiger partial charge < -0.3 is 20.1 Å². The first kappa shape index (κ1) is 27.1. The van der Waals surface area contributed by atoms with E-state index in [-0.39, 0.29) is 24.4 Å². The molecule has 0 aliphatic carbocycles. The summed E-state index contributed by atoms with van der Waals surface area (Å²) in [5.41, 5.74) is 12.1. The lowest BCUT2D eigenvalue weighted by Crippen LogP contribution is -2.33. The number of hydrogen-bond donors (Lipinski definition) is 3. The van der Waals surface area contributed by atoms with E-state index in [4.69, 9.17) is 29.8 Å². The van der Waals surface area contributed by atoms with Gasteiger partial charge in [0.15, 0.2) is 0 Å². The first-order chi connectivity index (χ1) is 17.6. The third-order valence-corrected chi connectivity index (χ3v) is 7.58. The van der Waals surface area contributed by atoms with Crippen molar-refractivity contribution in [2.24, 2.45) is 5.11 Å². The van der Waals surface area contributed by atoms with Crippen molar-refractivity contribution >= 4 is 25.4 Å². The third-order valence-electron chi connectivity index (χ3n) is 5.53. The molecule has 2 fully saturated rings. The maximum Gasteiger partial charge on any atom is 0.472 e. The maximum absolute atomic E-state index is 12.4.